The molecule has 0 atom stereocenters. The lowest BCUT2D eigenvalue weighted by molar-refractivity contribution is 0.0778. The normalized spacial score (nSPS) is 21.8. The third-order valence-corrected chi connectivity index (χ3v) is 5.59. The Balaban J connectivity index is 1.75. The molecule has 1 saturated carbocycles. The predicted octanol–water partition coefficient (Wildman–Crippen LogP) is 2.62. The van der Waals surface area contributed by atoms with Crippen LogP contribution in [0.4, 0.5) is 0 Å². The highest BCUT2D eigenvalue weighted by molar-refractivity contribution is 5.79. The molecule has 0 radical (unpaired) electrons. The quantitative estimate of drug-likeness (QED) is 0.501. The maximum atomic E-state index is 5.28. The van der Waals surface area contributed by atoms with Gasteiger partial charge in [0, 0.05) is 39.9 Å². The van der Waals surface area contributed by atoms with E-state index in [9.17, 15) is 0 Å². The van der Waals surface area contributed by atoms with Crippen LogP contribution < -0.4 is 10.6 Å². The largest absolute Gasteiger partial charge is 0.385 e. The number of guanidine groups is 1. The molecule has 2 fully saturated rings. The van der Waals surface area contributed by atoms with Crippen molar-refractivity contribution in [2.24, 2.45) is 10.4 Å². The van der Waals surface area contributed by atoms with Crippen LogP contribution in [0.2, 0.25) is 0 Å². The van der Waals surface area contributed by atoms with Crippen molar-refractivity contribution in [1.82, 2.24) is 15.5 Å². The van der Waals surface area contributed by atoms with Gasteiger partial charge < -0.3 is 20.3 Å². The minimum absolute atomic E-state index is 0.392. The summed E-state index contributed by atoms with van der Waals surface area (Å²) in [5.41, 5.74) is 0.392. The first-order chi connectivity index (χ1) is 11.8. The third-order valence-electron chi connectivity index (χ3n) is 5.59. The molecule has 1 aliphatic carbocycles. The Morgan fingerprint density at radius 2 is 1.83 bits per heavy atom. The molecule has 5 nitrogen and oxygen atoms in total. The summed E-state index contributed by atoms with van der Waals surface area (Å²) in [6.45, 7) is 9.46. The summed E-state index contributed by atoms with van der Waals surface area (Å²) in [5.74, 6) is 0.982. The van der Waals surface area contributed by atoms with Crippen molar-refractivity contribution in [3.05, 3.63) is 0 Å². The highest BCUT2D eigenvalue weighted by Gasteiger charge is 2.36. The fourth-order valence-electron chi connectivity index (χ4n) is 3.76. The van der Waals surface area contributed by atoms with E-state index >= 15 is 0 Å². The standard InChI is InChI=1S/C19H38N4O/c1-3-20-18(21-12-15-23-13-6-4-5-7-14-23)22-17-19(9-8-10-19)11-16-24-2/h3-17H2,1-2H3,(H2,20,21,22). The molecule has 0 unspecified atom stereocenters. The number of hydrogen-bond acceptors (Lipinski definition) is 3. The van der Waals surface area contributed by atoms with E-state index in [-0.39, 0.29) is 0 Å². The molecule has 24 heavy (non-hydrogen) atoms. The van der Waals surface area contributed by atoms with Crippen molar-refractivity contribution < 1.29 is 4.74 Å². The Hall–Kier alpha value is -0.810. The SMILES string of the molecule is CCNC(=NCC1(CCOC)CCC1)NCCN1CCCCCC1. The second kappa shape index (κ2) is 10.9. The first kappa shape index (κ1) is 19.5. The van der Waals surface area contributed by atoms with E-state index in [0.29, 0.717) is 5.41 Å². The van der Waals surface area contributed by atoms with Gasteiger partial charge in [-0.1, -0.05) is 19.3 Å². The van der Waals surface area contributed by atoms with Crippen LogP contribution in [0.15, 0.2) is 4.99 Å². The second-order valence-electron chi connectivity index (χ2n) is 7.47. The second-order valence-corrected chi connectivity index (χ2v) is 7.47. The molecule has 0 spiro atoms. The number of rotatable bonds is 9. The Labute approximate surface area is 148 Å². The van der Waals surface area contributed by atoms with Gasteiger partial charge in [-0.2, -0.15) is 0 Å². The minimum Gasteiger partial charge on any atom is -0.385 e. The van der Waals surface area contributed by atoms with Gasteiger partial charge in [0.2, 0.25) is 0 Å². The van der Waals surface area contributed by atoms with E-state index in [1.54, 1.807) is 7.11 Å². The molecule has 5 heteroatoms. The lowest BCUT2D eigenvalue weighted by atomic mass is 9.67. The van der Waals surface area contributed by atoms with Crippen molar-refractivity contribution in [2.75, 3.05) is 53.0 Å². The maximum absolute atomic E-state index is 5.28. The fraction of sp³-hybridized carbons (Fsp3) is 0.947. The van der Waals surface area contributed by atoms with E-state index < -0.39 is 0 Å². The summed E-state index contributed by atoms with van der Waals surface area (Å²) < 4.78 is 5.28. The topological polar surface area (TPSA) is 48.9 Å². The van der Waals surface area contributed by atoms with Gasteiger partial charge in [-0.25, -0.2) is 0 Å². The molecule has 140 valence electrons. The monoisotopic (exact) mass is 338 g/mol. The van der Waals surface area contributed by atoms with Gasteiger partial charge in [0.1, 0.15) is 0 Å². The van der Waals surface area contributed by atoms with Crippen LogP contribution in [-0.4, -0.2) is 63.8 Å². The molecule has 0 aromatic rings. The summed E-state index contributed by atoms with van der Waals surface area (Å²) in [4.78, 5) is 7.47. The molecule has 0 amide bonds. The van der Waals surface area contributed by atoms with Crippen LogP contribution in [-0.2, 0) is 4.74 Å². The van der Waals surface area contributed by atoms with E-state index in [2.05, 4.69) is 22.5 Å². The summed E-state index contributed by atoms with van der Waals surface area (Å²) >= 11 is 0. The van der Waals surface area contributed by atoms with Crippen LogP contribution in [0.25, 0.3) is 0 Å². The van der Waals surface area contributed by atoms with Crippen LogP contribution >= 0.6 is 0 Å². The smallest absolute Gasteiger partial charge is 0.191 e. The molecule has 1 saturated heterocycles. The van der Waals surface area contributed by atoms with E-state index in [0.717, 1.165) is 45.2 Å². The zero-order valence-corrected chi connectivity index (χ0v) is 15.9. The lowest BCUT2D eigenvalue weighted by Gasteiger charge is -2.40. The third kappa shape index (κ3) is 6.60. The minimum atomic E-state index is 0.392. The van der Waals surface area contributed by atoms with Crippen LogP contribution in [0.1, 0.15) is 58.3 Å². The van der Waals surface area contributed by atoms with Crippen molar-refractivity contribution in [3.8, 4) is 0 Å². The zero-order valence-electron chi connectivity index (χ0n) is 15.9. The average molecular weight is 339 g/mol. The number of hydrogen-bond donors (Lipinski definition) is 2. The van der Waals surface area contributed by atoms with Crippen LogP contribution in [0.5, 0.6) is 0 Å². The van der Waals surface area contributed by atoms with Crippen LogP contribution in [0, 0.1) is 5.41 Å². The van der Waals surface area contributed by atoms with Gasteiger partial charge in [-0.05, 0) is 57.5 Å². The summed E-state index contributed by atoms with van der Waals surface area (Å²) in [5, 5.41) is 6.93. The molecule has 0 aromatic heterocycles. The van der Waals surface area contributed by atoms with Gasteiger partial charge >= 0.3 is 0 Å². The Bertz CT molecular complexity index is 360. The summed E-state index contributed by atoms with van der Waals surface area (Å²) in [6.07, 6.45) is 10.6. The van der Waals surface area contributed by atoms with Crippen LogP contribution in [0.3, 0.4) is 0 Å². The van der Waals surface area contributed by atoms with Gasteiger partial charge in [0.25, 0.3) is 0 Å². The number of nitrogens with zero attached hydrogens (tertiary/aromatic N) is 2. The first-order valence-corrected chi connectivity index (χ1v) is 10.0. The van der Waals surface area contributed by atoms with E-state index in [1.807, 2.05) is 0 Å². The van der Waals surface area contributed by atoms with Crippen molar-refractivity contribution >= 4 is 5.96 Å². The van der Waals surface area contributed by atoms with Gasteiger partial charge in [0.15, 0.2) is 5.96 Å². The molecule has 2 rings (SSSR count). The number of likely N-dealkylation sites (tertiary alicyclic amines) is 1. The zero-order chi connectivity index (χ0) is 17.1. The number of nitrogens with one attached hydrogen (secondary N) is 2. The van der Waals surface area contributed by atoms with Crippen molar-refractivity contribution in [1.29, 1.82) is 0 Å². The number of aliphatic imine (C=N–C) groups is 1. The highest BCUT2D eigenvalue weighted by Crippen LogP contribution is 2.44. The number of ether oxygens (including phenoxy) is 1. The van der Waals surface area contributed by atoms with Gasteiger partial charge in [-0.15, -0.1) is 0 Å². The predicted molar refractivity (Wildman–Crippen MR) is 102 cm³/mol. The van der Waals surface area contributed by atoms with E-state index in [4.69, 9.17) is 9.73 Å². The molecule has 0 aromatic carbocycles. The van der Waals surface area contributed by atoms with Crippen molar-refractivity contribution in [3.63, 3.8) is 0 Å². The van der Waals surface area contributed by atoms with E-state index in [1.165, 1.54) is 58.0 Å². The highest BCUT2D eigenvalue weighted by atomic mass is 16.5. The first-order valence-electron chi connectivity index (χ1n) is 10.0. The molecule has 1 heterocycles. The Morgan fingerprint density at radius 1 is 1.08 bits per heavy atom. The molecule has 0 bridgehead atoms. The van der Waals surface area contributed by atoms with Gasteiger partial charge in [-0.3, -0.25) is 4.99 Å². The molecule has 2 N–H and O–H groups in total. The number of methoxy groups -OCH3 is 1. The fourth-order valence-corrected chi connectivity index (χ4v) is 3.76. The Kier molecular flexibility index (Phi) is 8.89. The maximum Gasteiger partial charge on any atom is 0.191 e. The molecule has 2 aliphatic rings. The molecular formula is C19H38N4O. The molecule has 1 aliphatic heterocycles. The molecular weight excluding hydrogens is 300 g/mol. The average Bonchev–Trinajstić information content (AvgIpc) is 2.82. The van der Waals surface area contributed by atoms with Gasteiger partial charge in [0.05, 0.1) is 0 Å². The summed E-state index contributed by atoms with van der Waals surface area (Å²) in [7, 11) is 1.80. The summed E-state index contributed by atoms with van der Waals surface area (Å²) in [6, 6.07) is 0. The Morgan fingerprint density at radius 3 is 2.42 bits per heavy atom. The lowest BCUT2D eigenvalue weighted by Crippen LogP contribution is -2.43. The van der Waals surface area contributed by atoms with Crippen molar-refractivity contribution in [2.45, 2.75) is 58.3 Å².